The van der Waals surface area contributed by atoms with Crippen LogP contribution in [-0.2, 0) is 28.5 Å². The highest BCUT2D eigenvalue weighted by Crippen LogP contribution is 2.43. The van der Waals surface area contributed by atoms with E-state index in [-0.39, 0.29) is 30.3 Å². The molecule has 6 heteroatoms. The van der Waals surface area contributed by atoms with Crippen LogP contribution in [-0.4, -0.2) is 38.0 Å². The van der Waals surface area contributed by atoms with Crippen molar-refractivity contribution in [1.82, 2.24) is 0 Å². The molecular weight excluding hydrogens is 228 g/mol. The Hall–Kier alpha value is -1.56. The Bertz CT molecular complexity index is 401. The minimum atomic E-state index is -0.464. The van der Waals surface area contributed by atoms with Crippen molar-refractivity contribution in [2.24, 2.45) is 11.8 Å². The first-order valence-corrected chi connectivity index (χ1v) is 5.45. The van der Waals surface area contributed by atoms with Gasteiger partial charge in [-0.15, -0.1) is 0 Å². The zero-order valence-electron chi connectivity index (χ0n) is 9.25. The molecule has 0 N–H and O–H groups in total. The molecule has 17 heavy (non-hydrogen) atoms. The molecule has 0 amide bonds. The van der Waals surface area contributed by atoms with Crippen molar-refractivity contribution in [3.63, 3.8) is 0 Å². The van der Waals surface area contributed by atoms with Gasteiger partial charge in [0.1, 0.15) is 6.10 Å². The molecule has 3 heterocycles. The van der Waals surface area contributed by atoms with Crippen LogP contribution in [0, 0.1) is 11.8 Å². The summed E-state index contributed by atoms with van der Waals surface area (Å²) in [6.07, 6.45) is 0.773. The molecule has 0 aromatic heterocycles. The minimum absolute atomic E-state index is 0.105. The molecule has 6 nitrogen and oxygen atoms in total. The molecule has 0 saturated carbocycles. The van der Waals surface area contributed by atoms with Crippen molar-refractivity contribution >= 4 is 11.9 Å². The summed E-state index contributed by atoms with van der Waals surface area (Å²) in [6, 6.07) is 0. The second kappa shape index (κ2) is 3.73. The largest absolute Gasteiger partial charge is 0.471 e. The van der Waals surface area contributed by atoms with Crippen LogP contribution < -0.4 is 0 Å². The van der Waals surface area contributed by atoms with Crippen molar-refractivity contribution in [3.05, 3.63) is 11.8 Å². The number of rotatable bonds is 1. The minimum Gasteiger partial charge on any atom is -0.471 e. The Morgan fingerprint density at radius 2 is 2.35 bits per heavy atom. The maximum Gasteiger partial charge on any atom is 0.337 e. The van der Waals surface area contributed by atoms with Crippen molar-refractivity contribution in [3.8, 4) is 0 Å². The van der Waals surface area contributed by atoms with Gasteiger partial charge in [0.05, 0.1) is 37.9 Å². The smallest absolute Gasteiger partial charge is 0.337 e. The predicted molar refractivity (Wildman–Crippen MR) is 52.4 cm³/mol. The molecule has 0 aromatic rings. The van der Waals surface area contributed by atoms with Crippen molar-refractivity contribution in [2.45, 2.75) is 18.8 Å². The number of ether oxygens (including phenoxy) is 4. The maximum absolute atomic E-state index is 11.6. The second-order valence-corrected chi connectivity index (χ2v) is 4.32. The Labute approximate surface area is 97.5 Å². The summed E-state index contributed by atoms with van der Waals surface area (Å²) in [5, 5.41) is 0. The highest BCUT2D eigenvalue weighted by atomic mass is 16.7. The second-order valence-electron chi connectivity index (χ2n) is 4.32. The van der Waals surface area contributed by atoms with Gasteiger partial charge in [0.25, 0.3) is 0 Å². The lowest BCUT2D eigenvalue weighted by molar-refractivity contribution is -0.166. The van der Waals surface area contributed by atoms with Gasteiger partial charge in [-0.05, 0) is 0 Å². The lowest BCUT2D eigenvalue weighted by Crippen LogP contribution is -2.45. The lowest BCUT2D eigenvalue weighted by atomic mass is 9.78. The van der Waals surface area contributed by atoms with Gasteiger partial charge in [0.2, 0.25) is 6.29 Å². The van der Waals surface area contributed by atoms with Gasteiger partial charge in [-0.3, -0.25) is 4.79 Å². The van der Waals surface area contributed by atoms with Gasteiger partial charge < -0.3 is 18.9 Å². The summed E-state index contributed by atoms with van der Waals surface area (Å²) in [5.74, 6) is -1.10. The molecule has 2 fully saturated rings. The molecule has 0 unspecified atom stereocenters. The van der Waals surface area contributed by atoms with E-state index in [1.807, 2.05) is 0 Å². The van der Waals surface area contributed by atoms with Crippen molar-refractivity contribution in [1.29, 1.82) is 0 Å². The number of esters is 2. The monoisotopic (exact) mass is 240 g/mol. The van der Waals surface area contributed by atoms with Gasteiger partial charge >= 0.3 is 11.9 Å². The van der Waals surface area contributed by atoms with E-state index in [0.29, 0.717) is 12.2 Å². The molecular formula is C11H12O6. The lowest BCUT2D eigenvalue weighted by Gasteiger charge is -2.37. The fourth-order valence-electron chi connectivity index (χ4n) is 2.67. The summed E-state index contributed by atoms with van der Waals surface area (Å²) in [4.78, 5) is 23.1. The normalized spacial score (nSPS) is 38.6. The summed E-state index contributed by atoms with van der Waals surface area (Å²) in [7, 11) is 1.30. The first-order valence-electron chi connectivity index (χ1n) is 5.45. The van der Waals surface area contributed by atoms with Crippen LogP contribution in [0.15, 0.2) is 11.8 Å². The van der Waals surface area contributed by atoms with E-state index in [0.717, 1.165) is 0 Å². The Morgan fingerprint density at radius 3 is 3.12 bits per heavy atom. The summed E-state index contributed by atoms with van der Waals surface area (Å²) < 4.78 is 20.6. The van der Waals surface area contributed by atoms with Crippen LogP contribution >= 0.6 is 0 Å². The van der Waals surface area contributed by atoms with Crippen molar-refractivity contribution < 1.29 is 28.5 Å². The fourth-order valence-corrected chi connectivity index (χ4v) is 2.67. The molecule has 0 aromatic carbocycles. The van der Waals surface area contributed by atoms with E-state index < -0.39 is 12.3 Å². The van der Waals surface area contributed by atoms with Gasteiger partial charge in [-0.25, -0.2) is 4.79 Å². The standard InChI is InChI=1S/C11H12O6/c1-14-10(13)6-3-15-11-9-5(6)2-8(12)17-7(9)4-16-11/h3,5,7,9,11H,2,4H2,1H3/t5-,7+,9+,11-/m1/s1. The Balaban J connectivity index is 1.94. The first kappa shape index (κ1) is 10.6. The quantitative estimate of drug-likeness (QED) is 0.600. The molecule has 0 spiro atoms. The fraction of sp³-hybridized carbons (Fsp3) is 0.636. The number of hydrogen-bond acceptors (Lipinski definition) is 6. The molecule has 4 atom stereocenters. The third-order valence-electron chi connectivity index (χ3n) is 3.45. The summed E-state index contributed by atoms with van der Waals surface area (Å²) >= 11 is 0. The molecule has 0 aliphatic carbocycles. The molecule has 3 aliphatic heterocycles. The van der Waals surface area contributed by atoms with E-state index in [4.69, 9.17) is 14.2 Å². The third-order valence-corrected chi connectivity index (χ3v) is 3.45. The van der Waals surface area contributed by atoms with Gasteiger partial charge in [0.15, 0.2) is 0 Å². The first-order chi connectivity index (χ1) is 8.20. The number of carbonyl (C=O) groups is 2. The SMILES string of the molecule is COC(=O)C1=CO[C@@H]2OC[C@@H]3OC(=O)C[C@H]1[C@H]23. The molecule has 3 aliphatic rings. The number of hydrogen-bond donors (Lipinski definition) is 0. The average Bonchev–Trinajstić information content (AvgIpc) is 2.73. The van der Waals surface area contributed by atoms with E-state index >= 15 is 0 Å². The maximum atomic E-state index is 11.6. The van der Waals surface area contributed by atoms with Gasteiger partial charge in [-0.1, -0.05) is 0 Å². The predicted octanol–water partition coefficient (Wildman–Crippen LogP) is -0.0223. The van der Waals surface area contributed by atoms with Crippen LogP contribution in [0.5, 0.6) is 0 Å². The average molecular weight is 240 g/mol. The molecule has 3 rings (SSSR count). The highest BCUT2D eigenvalue weighted by Gasteiger charge is 2.53. The van der Waals surface area contributed by atoms with E-state index in [1.54, 1.807) is 0 Å². The molecule has 0 radical (unpaired) electrons. The van der Waals surface area contributed by atoms with Gasteiger partial charge in [0, 0.05) is 5.92 Å². The number of methoxy groups -OCH3 is 1. The van der Waals surface area contributed by atoms with Crippen LogP contribution in [0.2, 0.25) is 0 Å². The van der Waals surface area contributed by atoms with Crippen LogP contribution in [0.3, 0.4) is 0 Å². The van der Waals surface area contributed by atoms with Gasteiger partial charge in [-0.2, -0.15) is 0 Å². The van der Waals surface area contributed by atoms with E-state index in [9.17, 15) is 9.59 Å². The summed E-state index contributed by atoms with van der Waals surface area (Å²) in [5.41, 5.74) is 0.390. The molecule has 92 valence electrons. The van der Waals surface area contributed by atoms with Crippen LogP contribution in [0.4, 0.5) is 0 Å². The summed E-state index contributed by atoms with van der Waals surface area (Å²) in [6.45, 7) is 0.319. The Kier molecular flexibility index (Phi) is 2.32. The zero-order valence-corrected chi connectivity index (χ0v) is 9.25. The van der Waals surface area contributed by atoms with E-state index in [1.165, 1.54) is 13.4 Å². The van der Waals surface area contributed by atoms with E-state index in [2.05, 4.69) is 4.74 Å². The van der Waals surface area contributed by atoms with Crippen molar-refractivity contribution in [2.75, 3.05) is 13.7 Å². The van der Waals surface area contributed by atoms with Crippen LogP contribution in [0.25, 0.3) is 0 Å². The third kappa shape index (κ3) is 1.51. The zero-order chi connectivity index (χ0) is 12.0. The number of carbonyl (C=O) groups excluding carboxylic acids is 2. The molecule has 0 bridgehead atoms. The Morgan fingerprint density at radius 1 is 1.53 bits per heavy atom. The highest BCUT2D eigenvalue weighted by molar-refractivity contribution is 5.90. The molecule has 2 saturated heterocycles. The topological polar surface area (TPSA) is 71.1 Å². The van der Waals surface area contributed by atoms with Crippen LogP contribution in [0.1, 0.15) is 6.42 Å².